The molecule has 2 rings (SSSR count). The minimum atomic E-state index is -0.194. The number of carbonyl (C=O) groups is 1. The van der Waals surface area contributed by atoms with Crippen LogP contribution in [0.2, 0.25) is 0 Å². The van der Waals surface area contributed by atoms with E-state index < -0.39 is 0 Å². The molecule has 1 N–H and O–H groups in total. The predicted octanol–water partition coefficient (Wildman–Crippen LogP) is 2.41. The van der Waals surface area contributed by atoms with Crippen LogP contribution in [0.25, 0.3) is 0 Å². The molecular formula is C15H17N3O2. The predicted molar refractivity (Wildman–Crippen MR) is 79.5 cm³/mol. The molecule has 0 radical (unpaired) electrons. The van der Waals surface area contributed by atoms with Gasteiger partial charge in [0.2, 0.25) is 0 Å². The first-order valence-corrected chi connectivity index (χ1v) is 6.19. The van der Waals surface area contributed by atoms with Crippen molar-refractivity contribution >= 4 is 17.4 Å². The molecule has 2 aromatic rings. The van der Waals surface area contributed by atoms with E-state index in [1.54, 1.807) is 37.6 Å². The normalized spacial score (nSPS) is 9.95. The summed E-state index contributed by atoms with van der Waals surface area (Å²) in [6.07, 6.45) is 1.62. The van der Waals surface area contributed by atoms with E-state index >= 15 is 0 Å². The number of rotatable bonds is 4. The van der Waals surface area contributed by atoms with Crippen LogP contribution in [0.5, 0.6) is 5.75 Å². The molecule has 0 atom stereocenters. The topological polar surface area (TPSA) is 54.5 Å². The number of benzene rings is 1. The highest BCUT2D eigenvalue weighted by Gasteiger charge is 2.10. The fourth-order valence-electron chi connectivity index (χ4n) is 1.75. The molecule has 0 aliphatic heterocycles. The van der Waals surface area contributed by atoms with Gasteiger partial charge in [-0.2, -0.15) is 0 Å². The summed E-state index contributed by atoms with van der Waals surface area (Å²) in [5.41, 5.74) is 1.19. The number of nitrogens with zero attached hydrogens (tertiary/aromatic N) is 2. The van der Waals surface area contributed by atoms with Gasteiger partial charge >= 0.3 is 0 Å². The minimum absolute atomic E-state index is 0.194. The van der Waals surface area contributed by atoms with Gasteiger partial charge in [0.15, 0.2) is 0 Å². The van der Waals surface area contributed by atoms with Crippen molar-refractivity contribution in [3.05, 3.63) is 48.2 Å². The Bertz CT molecular complexity index is 612. The average Bonchev–Trinajstić information content (AvgIpc) is 2.48. The summed E-state index contributed by atoms with van der Waals surface area (Å²) in [6.45, 7) is 0. The van der Waals surface area contributed by atoms with Crippen LogP contribution in [0.15, 0.2) is 42.6 Å². The Morgan fingerprint density at radius 2 is 2.00 bits per heavy atom. The van der Waals surface area contributed by atoms with Gasteiger partial charge in [0.1, 0.15) is 11.6 Å². The third-order valence-electron chi connectivity index (χ3n) is 2.82. The van der Waals surface area contributed by atoms with Crippen molar-refractivity contribution in [2.24, 2.45) is 0 Å². The maximum absolute atomic E-state index is 12.2. The molecule has 1 aromatic carbocycles. The van der Waals surface area contributed by atoms with E-state index in [1.165, 1.54) is 0 Å². The third kappa shape index (κ3) is 3.06. The van der Waals surface area contributed by atoms with Crippen molar-refractivity contribution in [2.75, 3.05) is 31.4 Å². The summed E-state index contributed by atoms with van der Waals surface area (Å²) < 4.78 is 5.21. The first-order chi connectivity index (χ1) is 9.61. The smallest absolute Gasteiger partial charge is 0.255 e. The van der Waals surface area contributed by atoms with Gasteiger partial charge in [0.25, 0.3) is 5.91 Å². The van der Waals surface area contributed by atoms with Gasteiger partial charge in [-0.15, -0.1) is 0 Å². The number of anilines is 2. The number of ether oxygens (including phenoxy) is 1. The van der Waals surface area contributed by atoms with Gasteiger partial charge < -0.3 is 15.0 Å². The molecule has 0 fully saturated rings. The first kappa shape index (κ1) is 13.9. The van der Waals surface area contributed by atoms with Crippen molar-refractivity contribution in [3.63, 3.8) is 0 Å². The molecule has 20 heavy (non-hydrogen) atoms. The van der Waals surface area contributed by atoms with Gasteiger partial charge in [-0.1, -0.05) is 12.1 Å². The highest BCUT2D eigenvalue weighted by molar-refractivity contribution is 6.05. The van der Waals surface area contributed by atoms with Crippen LogP contribution in [0.4, 0.5) is 11.5 Å². The number of amides is 1. The number of aromatic nitrogens is 1. The van der Waals surface area contributed by atoms with Gasteiger partial charge in [-0.05, 0) is 24.3 Å². The summed E-state index contributed by atoms with van der Waals surface area (Å²) in [7, 11) is 5.33. The second kappa shape index (κ2) is 6.06. The van der Waals surface area contributed by atoms with Crippen LogP contribution in [0.1, 0.15) is 10.4 Å². The lowest BCUT2D eigenvalue weighted by molar-refractivity contribution is 0.102. The molecule has 0 spiro atoms. The van der Waals surface area contributed by atoms with E-state index in [0.717, 1.165) is 5.82 Å². The molecule has 0 saturated carbocycles. The second-order valence-electron chi connectivity index (χ2n) is 4.45. The first-order valence-electron chi connectivity index (χ1n) is 6.19. The molecule has 1 amide bonds. The number of pyridine rings is 1. The van der Waals surface area contributed by atoms with E-state index in [9.17, 15) is 4.79 Å². The second-order valence-corrected chi connectivity index (χ2v) is 4.45. The molecule has 104 valence electrons. The lowest BCUT2D eigenvalue weighted by Crippen LogP contribution is -2.15. The van der Waals surface area contributed by atoms with E-state index in [0.29, 0.717) is 17.0 Å². The fraction of sp³-hybridized carbons (Fsp3) is 0.200. The molecule has 5 heteroatoms. The molecule has 1 heterocycles. The summed E-state index contributed by atoms with van der Waals surface area (Å²) in [5.74, 6) is 1.17. The molecule has 1 aromatic heterocycles. The monoisotopic (exact) mass is 271 g/mol. The summed E-state index contributed by atoms with van der Waals surface area (Å²) in [4.78, 5) is 18.3. The Morgan fingerprint density at radius 3 is 2.70 bits per heavy atom. The van der Waals surface area contributed by atoms with Crippen LogP contribution >= 0.6 is 0 Å². The Morgan fingerprint density at radius 1 is 1.25 bits per heavy atom. The van der Waals surface area contributed by atoms with Gasteiger partial charge in [-0.3, -0.25) is 4.79 Å². The van der Waals surface area contributed by atoms with Gasteiger partial charge in [0.05, 0.1) is 12.8 Å². The van der Waals surface area contributed by atoms with Crippen LogP contribution in [-0.4, -0.2) is 32.1 Å². The zero-order valence-electron chi connectivity index (χ0n) is 11.8. The SMILES string of the molecule is COc1ccccc1NC(=O)c1ccnc(N(C)C)c1. The van der Waals surface area contributed by atoms with Crippen molar-refractivity contribution in [3.8, 4) is 5.75 Å². The molecular weight excluding hydrogens is 254 g/mol. The number of nitrogens with one attached hydrogen (secondary N) is 1. The molecule has 0 aliphatic carbocycles. The molecule has 0 bridgehead atoms. The van der Waals surface area contributed by atoms with E-state index in [1.807, 2.05) is 31.1 Å². The number of carbonyl (C=O) groups excluding carboxylic acids is 1. The molecule has 5 nitrogen and oxygen atoms in total. The van der Waals surface area contributed by atoms with Gasteiger partial charge in [0, 0.05) is 25.9 Å². The van der Waals surface area contributed by atoms with Crippen molar-refractivity contribution < 1.29 is 9.53 Å². The summed E-state index contributed by atoms with van der Waals surface area (Å²) in [6, 6.07) is 10.7. The number of para-hydroxylation sites is 2. The van der Waals surface area contributed by atoms with Crippen LogP contribution in [-0.2, 0) is 0 Å². The minimum Gasteiger partial charge on any atom is -0.495 e. The quantitative estimate of drug-likeness (QED) is 0.927. The molecule has 0 saturated heterocycles. The van der Waals surface area contributed by atoms with E-state index in [4.69, 9.17) is 4.74 Å². The number of hydrogen-bond donors (Lipinski definition) is 1. The Kier molecular flexibility index (Phi) is 4.20. The third-order valence-corrected chi connectivity index (χ3v) is 2.82. The largest absolute Gasteiger partial charge is 0.495 e. The standard InChI is InChI=1S/C15H17N3O2/c1-18(2)14-10-11(8-9-16-14)15(19)17-12-6-4-5-7-13(12)20-3/h4-10H,1-3H3,(H,17,19). The highest BCUT2D eigenvalue weighted by atomic mass is 16.5. The van der Waals surface area contributed by atoms with Crippen molar-refractivity contribution in [1.82, 2.24) is 4.98 Å². The Hall–Kier alpha value is -2.56. The van der Waals surface area contributed by atoms with E-state index in [2.05, 4.69) is 10.3 Å². The lowest BCUT2D eigenvalue weighted by atomic mass is 10.2. The zero-order valence-corrected chi connectivity index (χ0v) is 11.8. The number of methoxy groups -OCH3 is 1. The maximum atomic E-state index is 12.2. The summed E-state index contributed by atoms with van der Waals surface area (Å²) >= 11 is 0. The Balaban J connectivity index is 2.22. The number of hydrogen-bond acceptors (Lipinski definition) is 4. The van der Waals surface area contributed by atoms with Crippen LogP contribution in [0, 0.1) is 0 Å². The lowest BCUT2D eigenvalue weighted by Gasteiger charge is -2.13. The van der Waals surface area contributed by atoms with E-state index in [-0.39, 0.29) is 5.91 Å². The van der Waals surface area contributed by atoms with Crippen molar-refractivity contribution in [2.45, 2.75) is 0 Å². The van der Waals surface area contributed by atoms with Crippen molar-refractivity contribution in [1.29, 1.82) is 0 Å². The zero-order chi connectivity index (χ0) is 14.5. The highest BCUT2D eigenvalue weighted by Crippen LogP contribution is 2.23. The Labute approximate surface area is 118 Å². The molecule has 0 aliphatic rings. The average molecular weight is 271 g/mol. The van der Waals surface area contributed by atoms with Crippen LogP contribution in [0.3, 0.4) is 0 Å². The summed E-state index contributed by atoms with van der Waals surface area (Å²) in [5, 5.41) is 2.83. The molecule has 0 unspecified atom stereocenters. The fourth-order valence-corrected chi connectivity index (χ4v) is 1.75. The maximum Gasteiger partial charge on any atom is 0.255 e. The van der Waals surface area contributed by atoms with Gasteiger partial charge in [-0.25, -0.2) is 4.98 Å². The van der Waals surface area contributed by atoms with Crippen LogP contribution < -0.4 is 15.0 Å².